The third-order valence-electron chi connectivity index (χ3n) is 6.78. The largest absolute Gasteiger partial charge is 0.487 e. The van der Waals surface area contributed by atoms with Crippen molar-refractivity contribution in [3.05, 3.63) is 101 Å². The fraction of sp³-hybridized carbons (Fsp3) is 0.182. The number of anilines is 1. The number of fused-ring (bicyclic) bond motifs is 2. The zero-order chi connectivity index (χ0) is 31.9. The number of carbonyl (C=O) groups is 1. The number of nitrogens with zero attached hydrogens (tertiary/aromatic N) is 1. The van der Waals surface area contributed by atoms with Crippen LogP contribution in [-0.4, -0.2) is 55.7 Å². The second kappa shape index (κ2) is 14.1. The number of aromatic amines is 1. The van der Waals surface area contributed by atoms with Gasteiger partial charge in [-0.2, -0.15) is 0 Å². The van der Waals surface area contributed by atoms with E-state index in [-0.39, 0.29) is 29.4 Å². The first-order valence-corrected chi connectivity index (χ1v) is 14.2. The van der Waals surface area contributed by atoms with Crippen LogP contribution in [0.25, 0.3) is 22.0 Å². The number of hydrogen-bond acceptors (Lipinski definition) is 9. The standard InChI is InChI=1S/C33H27F2N3O8/c34-21-3-1-20(2-4-21)24-18-36-19-31(32(24)39)46-33(40)38-22-5-6-28(25(35)15-22)45-27-7-8-37-26-17-30-29(16-23(26)27)43-13-11-41-9-10-42-12-14-44-30/h1-8,15-19H,9-14H2,(H,36,39)(H,38,40). The zero-order valence-corrected chi connectivity index (χ0v) is 24.2. The molecule has 0 atom stereocenters. The number of benzene rings is 3. The van der Waals surface area contributed by atoms with Crippen LogP contribution in [0.15, 0.2) is 84.0 Å². The summed E-state index contributed by atoms with van der Waals surface area (Å²) in [6.07, 6.45) is 3.11. The van der Waals surface area contributed by atoms with E-state index in [1.165, 1.54) is 55.0 Å². The third kappa shape index (κ3) is 7.22. The molecule has 13 heteroatoms. The van der Waals surface area contributed by atoms with Gasteiger partial charge in [-0.15, -0.1) is 0 Å². The lowest BCUT2D eigenvalue weighted by Crippen LogP contribution is -2.21. The van der Waals surface area contributed by atoms with E-state index in [2.05, 4.69) is 15.3 Å². The van der Waals surface area contributed by atoms with Crippen molar-refractivity contribution in [1.29, 1.82) is 0 Å². The van der Waals surface area contributed by atoms with Crippen molar-refractivity contribution in [3.63, 3.8) is 0 Å². The quantitative estimate of drug-likeness (QED) is 0.237. The minimum Gasteiger partial charge on any atom is -0.487 e. The molecule has 0 bridgehead atoms. The molecule has 6 rings (SSSR count). The van der Waals surface area contributed by atoms with Crippen LogP contribution in [0.4, 0.5) is 19.3 Å². The van der Waals surface area contributed by atoms with Crippen LogP contribution in [0.2, 0.25) is 0 Å². The first kappa shape index (κ1) is 30.5. The summed E-state index contributed by atoms with van der Waals surface area (Å²) < 4.78 is 62.3. The normalized spacial score (nSPS) is 13.7. The van der Waals surface area contributed by atoms with E-state index in [0.29, 0.717) is 66.7 Å². The van der Waals surface area contributed by atoms with Gasteiger partial charge in [0.15, 0.2) is 28.8 Å². The molecule has 1 aliphatic rings. The maximum absolute atomic E-state index is 15.2. The highest BCUT2D eigenvalue weighted by atomic mass is 19.1. The van der Waals surface area contributed by atoms with Gasteiger partial charge in [0.25, 0.3) is 0 Å². The molecule has 2 aromatic heterocycles. The molecule has 3 heterocycles. The summed E-state index contributed by atoms with van der Waals surface area (Å²) in [6.45, 7) is 2.22. The molecule has 0 fully saturated rings. The Kier molecular flexibility index (Phi) is 9.32. The molecule has 0 spiro atoms. The number of pyridine rings is 2. The summed E-state index contributed by atoms with van der Waals surface area (Å²) in [4.78, 5) is 32.5. The fourth-order valence-electron chi connectivity index (χ4n) is 4.59. The number of rotatable bonds is 5. The van der Waals surface area contributed by atoms with Crippen LogP contribution >= 0.6 is 0 Å². The molecular weight excluding hydrogens is 604 g/mol. The molecule has 0 unspecified atom stereocenters. The van der Waals surface area contributed by atoms with Crippen LogP contribution in [0.5, 0.6) is 28.7 Å². The average Bonchev–Trinajstić information content (AvgIpc) is 3.04. The number of amides is 1. The minimum atomic E-state index is -1.02. The van der Waals surface area contributed by atoms with Crippen molar-refractivity contribution >= 4 is 22.7 Å². The lowest BCUT2D eigenvalue weighted by molar-refractivity contribution is 0.0224. The number of nitrogens with one attached hydrogen (secondary N) is 2. The number of aromatic nitrogens is 2. The van der Waals surface area contributed by atoms with Gasteiger partial charge in [-0.05, 0) is 42.0 Å². The van der Waals surface area contributed by atoms with E-state index in [1.807, 2.05) is 0 Å². The Morgan fingerprint density at radius 1 is 0.804 bits per heavy atom. The second-order valence-corrected chi connectivity index (χ2v) is 9.88. The van der Waals surface area contributed by atoms with Gasteiger partial charge < -0.3 is 33.4 Å². The van der Waals surface area contributed by atoms with Crippen molar-refractivity contribution in [3.8, 4) is 39.9 Å². The number of hydrogen-bond donors (Lipinski definition) is 2. The van der Waals surface area contributed by atoms with Crippen molar-refractivity contribution in [2.45, 2.75) is 0 Å². The molecule has 236 valence electrons. The molecule has 46 heavy (non-hydrogen) atoms. The van der Waals surface area contributed by atoms with Crippen LogP contribution in [0, 0.1) is 11.6 Å². The molecule has 0 radical (unpaired) electrons. The molecule has 3 aromatic carbocycles. The average molecular weight is 632 g/mol. The Morgan fingerprint density at radius 3 is 2.26 bits per heavy atom. The van der Waals surface area contributed by atoms with Gasteiger partial charge in [-0.1, -0.05) is 12.1 Å². The highest BCUT2D eigenvalue weighted by Gasteiger charge is 2.17. The molecule has 1 aliphatic heterocycles. The van der Waals surface area contributed by atoms with Crippen LogP contribution < -0.4 is 29.7 Å². The summed E-state index contributed by atoms with van der Waals surface area (Å²) in [6, 6.07) is 14.1. The zero-order valence-electron chi connectivity index (χ0n) is 24.2. The predicted molar refractivity (Wildman–Crippen MR) is 163 cm³/mol. The van der Waals surface area contributed by atoms with Crippen LogP contribution in [0.1, 0.15) is 0 Å². The number of ether oxygens (including phenoxy) is 6. The van der Waals surface area contributed by atoms with Gasteiger partial charge in [0.2, 0.25) is 5.43 Å². The Labute approximate surface area is 260 Å². The molecule has 0 saturated carbocycles. The van der Waals surface area contributed by atoms with Crippen molar-refractivity contribution < 1.29 is 42.0 Å². The van der Waals surface area contributed by atoms with Gasteiger partial charge in [0.1, 0.15) is 24.8 Å². The van der Waals surface area contributed by atoms with Gasteiger partial charge in [0, 0.05) is 47.4 Å². The van der Waals surface area contributed by atoms with E-state index in [9.17, 15) is 14.0 Å². The van der Waals surface area contributed by atoms with Crippen molar-refractivity contribution in [2.24, 2.45) is 0 Å². The van der Waals surface area contributed by atoms with E-state index in [1.54, 1.807) is 18.2 Å². The Morgan fingerprint density at radius 2 is 1.52 bits per heavy atom. The molecule has 2 N–H and O–H groups in total. The summed E-state index contributed by atoms with van der Waals surface area (Å²) in [5, 5.41) is 2.94. The molecule has 11 nitrogen and oxygen atoms in total. The highest BCUT2D eigenvalue weighted by Crippen LogP contribution is 2.38. The molecule has 5 aromatic rings. The fourth-order valence-corrected chi connectivity index (χ4v) is 4.59. The molecule has 0 aliphatic carbocycles. The van der Waals surface area contributed by atoms with Crippen LogP contribution in [0.3, 0.4) is 0 Å². The van der Waals surface area contributed by atoms with E-state index in [4.69, 9.17) is 28.4 Å². The summed E-state index contributed by atoms with van der Waals surface area (Å²) in [5.74, 6) is -0.435. The van der Waals surface area contributed by atoms with Gasteiger partial charge in [-0.25, -0.2) is 13.6 Å². The summed E-state index contributed by atoms with van der Waals surface area (Å²) >= 11 is 0. The third-order valence-corrected chi connectivity index (χ3v) is 6.78. The second-order valence-electron chi connectivity index (χ2n) is 9.88. The lowest BCUT2D eigenvalue weighted by Gasteiger charge is -2.17. The van der Waals surface area contributed by atoms with Crippen molar-refractivity contribution in [1.82, 2.24) is 9.97 Å². The lowest BCUT2D eigenvalue weighted by atomic mass is 10.1. The van der Waals surface area contributed by atoms with Crippen molar-refractivity contribution in [2.75, 3.05) is 45.0 Å². The number of carbonyl (C=O) groups excluding carboxylic acids is 1. The predicted octanol–water partition coefficient (Wildman–Crippen LogP) is 6.08. The first-order valence-electron chi connectivity index (χ1n) is 14.2. The SMILES string of the molecule is O=C(Nc1ccc(Oc2ccnc3cc4c(cc23)OCCOCCOCCO4)c(F)c1)Oc1c[nH]cc(-c2ccc(F)cc2)c1=O. The minimum absolute atomic E-state index is 0.0531. The topological polar surface area (TPSA) is 130 Å². The Hall–Kier alpha value is -5.53. The molecule has 1 amide bonds. The Bertz CT molecular complexity index is 1920. The monoisotopic (exact) mass is 631 g/mol. The van der Waals surface area contributed by atoms with Gasteiger partial charge in [-0.3, -0.25) is 15.1 Å². The first-order chi connectivity index (χ1) is 22.4. The van der Waals surface area contributed by atoms with E-state index < -0.39 is 23.2 Å². The van der Waals surface area contributed by atoms with E-state index in [0.717, 1.165) is 6.07 Å². The van der Waals surface area contributed by atoms with Crippen LogP contribution in [-0.2, 0) is 9.47 Å². The molecular formula is C33H27F2N3O8. The maximum Gasteiger partial charge on any atom is 0.417 e. The van der Waals surface area contributed by atoms with Gasteiger partial charge in [0.05, 0.1) is 31.9 Å². The summed E-state index contributed by atoms with van der Waals surface area (Å²) in [7, 11) is 0. The maximum atomic E-state index is 15.2. The van der Waals surface area contributed by atoms with Gasteiger partial charge >= 0.3 is 6.09 Å². The highest BCUT2D eigenvalue weighted by molar-refractivity contribution is 5.89. The number of halogens is 2. The smallest absolute Gasteiger partial charge is 0.417 e. The number of H-pyrrole nitrogens is 1. The molecule has 0 saturated heterocycles. The Balaban J connectivity index is 1.16. The van der Waals surface area contributed by atoms with E-state index >= 15 is 4.39 Å². The summed E-state index contributed by atoms with van der Waals surface area (Å²) in [5.41, 5.74) is 0.596.